The third-order valence-electron chi connectivity index (χ3n) is 2.24. The first-order chi connectivity index (χ1) is 7.56. The van der Waals surface area contributed by atoms with E-state index in [4.69, 9.17) is 11.6 Å². The van der Waals surface area contributed by atoms with Crippen LogP contribution in [0.15, 0.2) is 29.8 Å². The number of hydrogen-bond donors (Lipinski definition) is 1. The average molecular weight is 242 g/mol. The van der Waals surface area contributed by atoms with E-state index in [0.717, 1.165) is 12.1 Å². The van der Waals surface area contributed by atoms with Gasteiger partial charge in [0.15, 0.2) is 0 Å². The number of allylic oxidation sites excluding steroid dienone is 1. The third-order valence-corrected chi connectivity index (χ3v) is 2.53. The van der Waals surface area contributed by atoms with Crippen LogP contribution in [0.1, 0.15) is 32.4 Å². The highest BCUT2D eigenvalue weighted by Crippen LogP contribution is 2.24. The lowest BCUT2D eigenvalue weighted by Crippen LogP contribution is -2.20. The van der Waals surface area contributed by atoms with Gasteiger partial charge in [0.05, 0.1) is 11.1 Å². The van der Waals surface area contributed by atoms with E-state index in [9.17, 15) is 4.39 Å². The Bertz CT molecular complexity index is 384. The summed E-state index contributed by atoms with van der Waals surface area (Å²) in [4.78, 5) is 0. The molecule has 3 heteroatoms. The van der Waals surface area contributed by atoms with Crippen molar-refractivity contribution >= 4 is 11.6 Å². The molecular formula is C13H17ClFN. The Kier molecular flexibility index (Phi) is 4.97. The number of likely N-dealkylation sites (N-methyl/N-ethyl adjacent to an activating group) is 1. The molecular weight excluding hydrogens is 225 g/mol. The van der Waals surface area contributed by atoms with Crippen molar-refractivity contribution in [2.24, 2.45) is 0 Å². The van der Waals surface area contributed by atoms with E-state index in [0.29, 0.717) is 5.56 Å². The van der Waals surface area contributed by atoms with Gasteiger partial charge in [0, 0.05) is 5.56 Å². The minimum Gasteiger partial charge on any atom is -0.307 e. The van der Waals surface area contributed by atoms with Crippen LogP contribution in [0, 0.1) is 5.82 Å². The molecule has 1 aromatic carbocycles. The molecule has 0 fully saturated rings. The monoisotopic (exact) mass is 241 g/mol. The van der Waals surface area contributed by atoms with Gasteiger partial charge in [0.25, 0.3) is 0 Å². The molecule has 0 aromatic heterocycles. The Morgan fingerprint density at radius 2 is 2.19 bits per heavy atom. The first-order valence-electron chi connectivity index (χ1n) is 5.38. The molecule has 0 bridgehead atoms. The number of rotatable bonds is 4. The quantitative estimate of drug-likeness (QED) is 0.783. The van der Waals surface area contributed by atoms with E-state index >= 15 is 0 Å². The molecule has 0 heterocycles. The van der Waals surface area contributed by atoms with E-state index in [2.05, 4.69) is 5.32 Å². The van der Waals surface area contributed by atoms with Crippen molar-refractivity contribution in [2.75, 3.05) is 6.54 Å². The lowest BCUT2D eigenvalue weighted by Gasteiger charge is -2.16. The van der Waals surface area contributed by atoms with Crippen molar-refractivity contribution in [1.82, 2.24) is 5.32 Å². The van der Waals surface area contributed by atoms with Crippen molar-refractivity contribution in [3.8, 4) is 0 Å². The zero-order valence-electron chi connectivity index (χ0n) is 9.85. The maximum atomic E-state index is 13.8. The Morgan fingerprint density at radius 3 is 2.75 bits per heavy atom. The molecule has 0 aliphatic rings. The second-order valence-electron chi connectivity index (χ2n) is 3.92. The first kappa shape index (κ1) is 13.2. The first-order valence-corrected chi connectivity index (χ1v) is 5.76. The summed E-state index contributed by atoms with van der Waals surface area (Å²) < 4.78 is 13.8. The second kappa shape index (κ2) is 6.02. The van der Waals surface area contributed by atoms with Gasteiger partial charge in [-0.3, -0.25) is 0 Å². The topological polar surface area (TPSA) is 12.0 Å². The van der Waals surface area contributed by atoms with Gasteiger partial charge in [-0.05, 0) is 26.5 Å². The molecule has 1 N–H and O–H groups in total. The van der Waals surface area contributed by atoms with Gasteiger partial charge in [-0.1, -0.05) is 42.3 Å². The molecule has 0 spiro atoms. The van der Waals surface area contributed by atoms with E-state index in [-0.39, 0.29) is 16.9 Å². The van der Waals surface area contributed by atoms with E-state index in [1.165, 1.54) is 0 Å². The van der Waals surface area contributed by atoms with Gasteiger partial charge in [0.2, 0.25) is 0 Å². The van der Waals surface area contributed by atoms with Crippen LogP contribution in [-0.2, 0) is 0 Å². The molecule has 0 saturated carbocycles. The highest BCUT2D eigenvalue weighted by molar-refractivity contribution is 6.30. The van der Waals surface area contributed by atoms with Crippen LogP contribution in [0.2, 0.25) is 5.02 Å². The smallest absolute Gasteiger partial charge is 0.146 e. The van der Waals surface area contributed by atoms with Crippen molar-refractivity contribution < 1.29 is 4.39 Å². The number of nitrogens with one attached hydrogen (secondary N) is 1. The summed E-state index contributed by atoms with van der Waals surface area (Å²) in [6.45, 7) is 6.76. The van der Waals surface area contributed by atoms with E-state index < -0.39 is 0 Å². The Hall–Kier alpha value is -0.860. The molecule has 1 rings (SSSR count). The summed E-state index contributed by atoms with van der Waals surface area (Å²) in [5, 5.41) is 3.39. The Labute approximate surface area is 101 Å². The molecule has 16 heavy (non-hydrogen) atoms. The minimum atomic E-state index is -0.340. The molecule has 1 aromatic rings. The Morgan fingerprint density at radius 1 is 1.50 bits per heavy atom. The third kappa shape index (κ3) is 3.32. The van der Waals surface area contributed by atoms with Crippen LogP contribution in [0.3, 0.4) is 0 Å². The lowest BCUT2D eigenvalue weighted by molar-refractivity contribution is 0.566. The van der Waals surface area contributed by atoms with Gasteiger partial charge in [0.1, 0.15) is 5.82 Å². The number of halogens is 2. The van der Waals surface area contributed by atoms with Gasteiger partial charge in [-0.25, -0.2) is 4.39 Å². The zero-order chi connectivity index (χ0) is 12.1. The maximum Gasteiger partial charge on any atom is 0.146 e. The SMILES string of the molecule is CCNC(C=C(C)C)c1cccc(Cl)c1F. The van der Waals surface area contributed by atoms with E-state index in [1.807, 2.05) is 26.8 Å². The van der Waals surface area contributed by atoms with Crippen molar-refractivity contribution in [3.63, 3.8) is 0 Å². The molecule has 88 valence electrons. The van der Waals surface area contributed by atoms with Gasteiger partial charge in [-0.15, -0.1) is 0 Å². The van der Waals surface area contributed by atoms with Gasteiger partial charge >= 0.3 is 0 Å². The summed E-state index contributed by atoms with van der Waals surface area (Å²) in [7, 11) is 0. The fraction of sp³-hybridized carbons (Fsp3) is 0.385. The van der Waals surface area contributed by atoms with Crippen LogP contribution < -0.4 is 5.32 Å². The zero-order valence-corrected chi connectivity index (χ0v) is 10.6. The number of hydrogen-bond acceptors (Lipinski definition) is 1. The summed E-state index contributed by atoms with van der Waals surface area (Å²) in [5.41, 5.74) is 1.74. The fourth-order valence-corrected chi connectivity index (χ4v) is 1.75. The maximum absolute atomic E-state index is 13.8. The summed E-state index contributed by atoms with van der Waals surface area (Å²) in [5.74, 6) is -0.340. The standard InChI is InChI=1S/C13H17ClFN/c1-4-16-12(8-9(2)3)10-6-5-7-11(14)13(10)15/h5-8,12,16H,4H2,1-3H3. The average Bonchev–Trinajstić information content (AvgIpc) is 2.21. The largest absolute Gasteiger partial charge is 0.307 e. The summed E-state index contributed by atoms with van der Waals surface area (Å²) in [6, 6.07) is 4.97. The van der Waals surface area contributed by atoms with Crippen LogP contribution in [0.5, 0.6) is 0 Å². The summed E-state index contributed by atoms with van der Waals surface area (Å²) in [6.07, 6.45) is 2.00. The molecule has 0 aliphatic carbocycles. The molecule has 1 atom stereocenters. The van der Waals surface area contributed by atoms with E-state index in [1.54, 1.807) is 18.2 Å². The van der Waals surface area contributed by atoms with Crippen LogP contribution in [-0.4, -0.2) is 6.54 Å². The minimum absolute atomic E-state index is 0.117. The fourth-order valence-electron chi connectivity index (χ4n) is 1.57. The molecule has 0 aliphatic heterocycles. The van der Waals surface area contributed by atoms with Crippen LogP contribution >= 0.6 is 11.6 Å². The lowest BCUT2D eigenvalue weighted by atomic mass is 10.0. The van der Waals surface area contributed by atoms with Crippen molar-refractivity contribution in [1.29, 1.82) is 0 Å². The highest BCUT2D eigenvalue weighted by Gasteiger charge is 2.14. The molecule has 0 amide bonds. The molecule has 1 unspecified atom stereocenters. The highest BCUT2D eigenvalue weighted by atomic mass is 35.5. The Balaban J connectivity index is 3.10. The van der Waals surface area contributed by atoms with Crippen molar-refractivity contribution in [3.05, 3.63) is 46.3 Å². The van der Waals surface area contributed by atoms with Crippen molar-refractivity contribution in [2.45, 2.75) is 26.8 Å². The van der Waals surface area contributed by atoms with Crippen LogP contribution in [0.4, 0.5) is 4.39 Å². The van der Waals surface area contributed by atoms with Gasteiger partial charge in [-0.2, -0.15) is 0 Å². The predicted molar refractivity (Wildman–Crippen MR) is 67.3 cm³/mol. The summed E-state index contributed by atoms with van der Waals surface area (Å²) >= 11 is 5.77. The molecule has 1 nitrogen and oxygen atoms in total. The second-order valence-corrected chi connectivity index (χ2v) is 4.33. The number of benzene rings is 1. The molecule has 0 radical (unpaired) electrons. The normalized spacial score (nSPS) is 12.3. The predicted octanol–water partition coefficient (Wildman–Crippen LogP) is 4.10. The van der Waals surface area contributed by atoms with Gasteiger partial charge < -0.3 is 5.32 Å². The molecule has 0 saturated heterocycles. The van der Waals surface area contributed by atoms with Crippen LogP contribution in [0.25, 0.3) is 0 Å².